The zero-order valence-corrected chi connectivity index (χ0v) is 12.3. The molecule has 2 unspecified atom stereocenters. The molecule has 3 rings (SSSR count). The lowest BCUT2D eigenvalue weighted by Crippen LogP contribution is -2.39. The number of nitrogens with two attached hydrogens (primary N) is 1. The third kappa shape index (κ3) is 3.15. The molecule has 2 atom stereocenters. The minimum absolute atomic E-state index is 0.492. The molecule has 3 heteroatoms. The zero-order chi connectivity index (χ0) is 13.1. The van der Waals surface area contributed by atoms with Crippen LogP contribution < -0.4 is 11.3 Å². The van der Waals surface area contributed by atoms with E-state index >= 15 is 0 Å². The van der Waals surface area contributed by atoms with Crippen LogP contribution in [0.2, 0.25) is 0 Å². The Bertz CT molecular complexity index is 415. The standard InChI is InChI=1S/C16H24N2S/c17-18-15(9-12-5-7-19-8-6-12)11-14-10-13-3-1-2-4-16(13)14/h1-4,12,14-15,18H,5-11,17H2. The van der Waals surface area contributed by atoms with Gasteiger partial charge in [-0.1, -0.05) is 24.3 Å². The highest BCUT2D eigenvalue weighted by Gasteiger charge is 2.29. The Kier molecular flexibility index (Phi) is 4.46. The van der Waals surface area contributed by atoms with Crippen molar-refractivity contribution < 1.29 is 0 Å². The van der Waals surface area contributed by atoms with Gasteiger partial charge < -0.3 is 0 Å². The Morgan fingerprint density at radius 2 is 2.00 bits per heavy atom. The number of thioether (sulfide) groups is 1. The predicted molar refractivity (Wildman–Crippen MR) is 83.3 cm³/mol. The second-order valence-electron chi connectivity index (χ2n) is 5.99. The maximum atomic E-state index is 5.78. The summed E-state index contributed by atoms with van der Waals surface area (Å²) < 4.78 is 0. The van der Waals surface area contributed by atoms with Crippen molar-refractivity contribution in [3.63, 3.8) is 0 Å². The molecule has 1 aromatic carbocycles. The van der Waals surface area contributed by atoms with E-state index in [1.165, 1.54) is 49.2 Å². The van der Waals surface area contributed by atoms with Crippen LogP contribution in [0.3, 0.4) is 0 Å². The SMILES string of the molecule is NNC(CC1CCSCC1)CC1Cc2ccccc21. The van der Waals surface area contributed by atoms with E-state index in [1.54, 1.807) is 5.56 Å². The largest absolute Gasteiger partial charge is 0.271 e. The number of fused-ring (bicyclic) bond motifs is 1. The molecule has 1 aromatic rings. The quantitative estimate of drug-likeness (QED) is 0.641. The van der Waals surface area contributed by atoms with E-state index in [-0.39, 0.29) is 0 Å². The van der Waals surface area contributed by atoms with E-state index in [2.05, 4.69) is 41.5 Å². The summed E-state index contributed by atoms with van der Waals surface area (Å²) in [5.41, 5.74) is 6.17. The molecule has 104 valence electrons. The van der Waals surface area contributed by atoms with E-state index < -0.39 is 0 Å². The van der Waals surface area contributed by atoms with Crippen molar-refractivity contribution in [3.8, 4) is 0 Å². The third-order valence-corrected chi connectivity index (χ3v) is 5.77. The molecule has 2 nitrogen and oxygen atoms in total. The summed E-state index contributed by atoms with van der Waals surface area (Å²) in [6.07, 6.45) is 6.47. The Hall–Kier alpha value is -0.510. The molecular weight excluding hydrogens is 252 g/mol. The highest BCUT2D eigenvalue weighted by Crippen LogP contribution is 2.39. The minimum atomic E-state index is 0.492. The van der Waals surface area contributed by atoms with Gasteiger partial charge in [0.15, 0.2) is 0 Å². The normalized spacial score (nSPS) is 24.6. The zero-order valence-electron chi connectivity index (χ0n) is 11.5. The van der Waals surface area contributed by atoms with Gasteiger partial charge >= 0.3 is 0 Å². The maximum Gasteiger partial charge on any atom is 0.0219 e. The van der Waals surface area contributed by atoms with E-state index in [9.17, 15) is 0 Å². The van der Waals surface area contributed by atoms with Crippen molar-refractivity contribution in [2.75, 3.05) is 11.5 Å². The first-order valence-electron chi connectivity index (χ1n) is 7.48. The first-order valence-corrected chi connectivity index (χ1v) is 8.64. The third-order valence-electron chi connectivity index (χ3n) is 4.72. The fourth-order valence-electron chi connectivity index (χ4n) is 3.53. The summed E-state index contributed by atoms with van der Waals surface area (Å²) in [7, 11) is 0. The fourth-order valence-corrected chi connectivity index (χ4v) is 4.74. The Morgan fingerprint density at radius 1 is 1.21 bits per heavy atom. The van der Waals surface area contributed by atoms with Crippen LogP contribution in [0.4, 0.5) is 0 Å². The Balaban J connectivity index is 1.53. The van der Waals surface area contributed by atoms with Crippen molar-refractivity contribution in [2.24, 2.45) is 11.8 Å². The van der Waals surface area contributed by atoms with Crippen molar-refractivity contribution in [2.45, 2.75) is 44.1 Å². The summed E-state index contributed by atoms with van der Waals surface area (Å²) in [5.74, 6) is 10.1. The first-order chi connectivity index (χ1) is 9.36. The lowest BCUT2D eigenvalue weighted by Gasteiger charge is -2.34. The second-order valence-corrected chi connectivity index (χ2v) is 7.22. The lowest BCUT2D eigenvalue weighted by molar-refractivity contribution is 0.330. The van der Waals surface area contributed by atoms with Gasteiger partial charge in [-0.25, -0.2) is 0 Å². The molecule has 0 radical (unpaired) electrons. The number of rotatable bonds is 5. The molecule has 1 heterocycles. The average Bonchev–Trinajstić information content (AvgIpc) is 2.44. The highest BCUT2D eigenvalue weighted by atomic mass is 32.2. The summed E-state index contributed by atoms with van der Waals surface area (Å²) in [4.78, 5) is 0. The summed E-state index contributed by atoms with van der Waals surface area (Å²) in [6.45, 7) is 0. The Labute approximate surface area is 120 Å². The van der Waals surface area contributed by atoms with Crippen LogP contribution in [0.5, 0.6) is 0 Å². The van der Waals surface area contributed by atoms with Crippen LogP contribution >= 0.6 is 11.8 Å². The molecule has 0 aromatic heterocycles. The number of benzene rings is 1. The first kappa shape index (κ1) is 13.5. The molecule has 1 saturated heterocycles. The minimum Gasteiger partial charge on any atom is -0.271 e. The summed E-state index contributed by atoms with van der Waals surface area (Å²) >= 11 is 2.10. The van der Waals surface area contributed by atoms with E-state index in [0.717, 1.165) is 11.8 Å². The number of hydrogen-bond acceptors (Lipinski definition) is 3. The molecule has 1 aliphatic carbocycles. The van der Waals surface area contributed by atoms with Crippen LogP contribution in [0.15, 0.2) is 24.3 Å². The monoisotopic (exact) mass is 276 g/mol. The molecule has 1 aliphatic heterocycles. The van der Waals surface area contributed by atoms with Gasteiger partial charge in [-0.05, 0) is 66.6 Å². The molecule has 0 bridgehead atoms. The van der Waals surface area contributed by atoms with Crippen molar-refractivity contribution >= 4 is 11.8 Å². The summed E-state index contributed by atoms with van der Waals surface area (Å²) in [5, 5.41) is 0. The van der Waals surface area contributed by atoms with Gasteiger partial charge in [0.2, 0.25) is 0 Å². The lowest BCUT2D eigenvalue weighted by atomic mass is 9.73. The van der Waals surface area contributed by atoms with Crippen molar-refractivity contribution in [1.29, 1.82) is 0 Å². The smallest absolute Gasteiger partial charge is 0.0219 e. The molecule has 0 amide bonds. The van der Waals surface area contributed by atoms with Gasteiger partial charge in [0.1, 0.15) is 0 Å². The predicted octanol–water partition coefficient (Wildman–Crippen LogP) is 3.08. The molecule has 19 heavy (non-hydrogen) atoms. The van der Waals surface area contributed by atoms with Crippen molar-refractivity contribution in [3.05, 3.63) is 35.4 Å². The Morgan fingerprint density at radius 3 is 2.74 bits per heavy atom. The van der Waals surface area contributed by atoms with Crippen LogP contribution in [-0.2, 0) is 6.42 Å². The van der Waals surface area contributed by atoms with Gasteiger partial charge in [0.25, 0.3) is 0 Å². The van der Waals surface area contributed by atoms with Crippen molar-refractivity contribution in [1.82, 2.24) is 5.43 Å². The molecular formula is C16H24N2S. The number of hydrogen-bond donors (Lipinski definition) is 2. The van der Waals surface area contributed by atoms with E-state index in [4.69, 9.17) is 5.84 Å². The maximum absolute atomic E-state index is 5.78. The van der Waals surface area contributed by atoms with Gasteiger partial charge in [-0.3, -0.25) is 11.3 Å². The van der Waals surface area contributed by atoms with Gasteiger partial charge in [0, 0.05) is 6.04 Å². The molecule has 2 aliphatic rings. The van der Waals surface area contributed by atoms with Gasteiger partial charge in [-0.15, -0.1) is 0 Å². The molecule has 0 spiro atoms. The molecule has 1 fully saturated rings. The van der Waals surface area contributed by atoms with E-state index in [0.29, 0.717) is 6.04 Å². The van der Waals surface area contributed by atoms with Gasteiger partial charge in [-0.2, -0.15) is 11.8 Å². The van der Waals surface area contributed by atoms with E-state index in [1.807, 2.05) is 0 Å². The van der Waals surface area contributed by atoms with Crippen LogP contribution in [0.25, 0.3) is 0 Å². The summed E-state index contributed by atoms with van der Waals surface area (Å²) in [6, 6.07) is 9.34. The molecule has 3 N–H and O–H groups in total. The fraction of sp³-hybridized carbons (Fsp3) is 0.625. The van der Waals surface area contributed by atoms with Gasteiger partial charge in [0.05, 0.1) is 0 Å². The van der Waals surface area contributed by atoms with Crippen LogP contribution in [0, 0.1) is 5.92 Å². The van der Waals surface area contributed by atoms with Crippen LogP contribution in [-0.4, -0.2) is 17.5 Å². The topological polar surface area (TPSA) is 38.0 Å². The second kappa shape index (κ2) is 6.29. The number of hydrazine groups is 1. The highest BCUT2D eigenvalue weighted by molar-refractivity contribution is 7.99. The number of nitrogens with one attached hydrogen (secondary N) is 1. The molecule has 0 saturated carbocycles. The average molecular weight is 276 g/mol. The van der Waals surface area contributed by atoms with Crippen LogP contribution in [0.1, 0.15) is 42.7 Å².